The van der Waals surface area contributed by atoms with E-state index in [-0.39, 0.29) is 52.8 Å². The van der Waals surface area contributed by atoms with Crippen LogP contribution >= 0.6 is 34.9 Å². The van der Waals surface area contributed by atoms with Gasteiger partial charge in [0.25, 0.3) is 5.91 Å². The third-order valence-corrected chi connectivity index (χ3v) is 8.18. The Kier molecular flexibility index (Phi) is 7.86. The maximum absolute atomic E-state index is 12.7. The smallest absolute Gasteiger partial charge is 0.543 e. The first kappa shape index (κ1) is 24.3. The van der Waals surface area contributed by atoms with Crippen LogP contribution in [0.1, 0.15) is 11.8 Å². The molecule has 1 N–H and O–H groups in total. The molecular formula is C17H17N6NaO4S3. The minimum atomic E-state index is -1.41. The minimum Gasteiger partial charge on any atom is -0.543 e. The molecule has 1 fully saturated rings. The summed E-state index contributed by atoms with van der Waals surface area (Å²) in [5.74, 6) is -1.81. The largest absolute Gasteiger partial charge is 1.00 e. The van der Waals surface area contributed by atoms with Crippen molar-refractivity contribution in [1.29, 1.82) is 0 Å². The number of carbonyl (C=O) groups excluding carboxylic acids is 3. The molecule has 2 amide bonds. The molecule has 2 aliphatic heterocycles. The molecule has 0 aliphatic carbocycles. The number of nitrogens with one attached hydrogen (secondary N) is 1. The number of rotatable bonds is 7. The molecule has 0 spiro atoms. The van der Waals surface area contributed by atoms with E-state index in [9.17, 15) is 19.5 Å². The Morgan fingerprint density at radius 3 is 2.77 bits per heavy atom. The monoisotopic (exact) mass is 488 g/mol. The first-order chi connectivity index (χ1) is 14.4. The molecular weight excluding hydrogens is 471 g/mol. The average Bonchev–Trinajstić information content (AvgIpc) is 3.36. The number of nitrogens with zero attached hydrogens (tertiary/aromatic N) is 5. The summed E-state index contributed by atoms with van der Waals surface area (Å²) < 4.78 is 1.49. The van der Waals surface area contributed by atoms with Crippen molar-refractivity contribution in [1.82, 2.24) is 30.4 Å². The first-order valence-corrected chi connectivity index (χ1v) is 11.8. The molecule has 0 radical (unpaired) electrons. The summed E-state index contributed by atoms with van der Waals surface area (Å²) in [5, 5.41) is 27.6. The van der Waals surface area contributed by atoms with Crippen LogP contribution in [0.15, 0.2) is 33.9 Å². The zero-order valence-corrected chi connectivity index (χ0v) is 21.4. The van der Waals surface area contributed by atoms with Gasteiger partial charge in [0, 0.05) is 22.9 Å². The number of hydrogen-bond donors (Lipinski definition) is 1. The summed E-state index contributed by atoms with van der Waals surface area (Å²) in [5.41, 5.74) is 0.448. The summed E-state index contributed by atoms with van der Waals surface area (Å²) in [4.78, 5) is 39.1. The quantitative estimate of drug-likeness (QED) is 0.238. The van der Waals surface area contributed by atoms with E-state index in [1.165, 1.54) is 44.4 Å². The molecule has 4 heterocycles. The Balaban J connectivity index is 0.00000272. The van der Waals surface area contributed by atoms with Crippen LogP contribution in [0, 0.1) is 0 Å². The fraction of sp³-hybridized carbons (Fsp3) is 0.412. The SMILES string of the molecule is C[C@@H]1S[C@H]2C(NC(=O)Cc3cccs3)C(=O)N2C(C(=O)[O-])=C1CSc1nnnn1C.[Na+]. The molecule has 2 aromatic heterocycles. The molecule has 10 nitrogen and oxygen atoms in total. The third-order valence-electron chi connectivity index (χ3n) is 4.79. The normalized spacial score (nSPS) is 22.5. The maximum Gasteiger partial charge on any atom is 1.00 e. The number of carbonyl (C=O) groups is 3. The van der Waals surface area contributed by atoms with E-state index in [0.717, 1.165) is 4.88 Å². The fourth-order valence-corrected chi connectivity index (χ4v) is 6.56. The molecule has 0 aromatic carbocycles. The Morgan fingerprint density at radius 1 is 1.39 bits per heavy atom. The van der Waals surface area contributed by atoms with E-state index < -0.39 is 23.3 Å². The second-order valence-electron chi connectivity index (χ2n) is 6.71. The number of thioether (sulfide) groups is 2. The number of carboxylic acid groups (broad SMARTS) is 1. The molecule has 0 saturated carbocycles. The van der Waals surface area contributed by atoms with Gasteiger partial charge in [0.05, 0.1) is 18.1 Å². The van der Waals surface area contributed by atoms with Crippen molar-refractivity contribution in [2.24, 2.45) is 7.05 Å². The second-order valence-corrected chi connectivity index (χ2v) is 10.2. The number of aliphatic carboxylic acids is 1. The molecule has 14 heteroatoms. The van der Waals surface area contributed by atoms with Crippen LogP contribution < -0.4 is 40.0 Å². The second kappa shape index (κ2) is 10.0. The molecule has 1 unspecified atom stereocenters. The number of aryl methyl sites for hydroxylation is 1. The van der Waals surface area contributed by atoms with E-state index in [0.29, 0.717) is 16.5 Å². The van der Waals surface area contributed by atoms with Crippen LogP contribution in [0.2, 0.25) is 0 Å². The molecule has 2 aromatic rings. The molecule has 0 bridgehead atoms. The van der Waals surface area contributed by atoms with Crippen LogP contribution in [0.5, 0.6) is 0 Å². The Bertz CT molecular complexity index is 1030. The predicted molar refractivity (Wildman–Crippen MR) is 109 cm³/mol. The van der Waals surface area contributed by atoms with Crippen molar-refractivity contribution in [3.8, 4) is 0 Å². The number of aromatic nitrogens is 4. The minimum absolute atomic E-state index is 0. The van der Waals surface area contributed by atoms with Crippen LogP contribution in [0.3, 0.4) is 0 Å². The van der Waals surface area contributed by atoms with Gasteiger partial charge < -0.3 is 15.2 Å². The number of β-lactam (4-membered cyclic amide) rings is 1. The van der Waals surface area contributed by atoms with Crippen LogP contribution in [0.4, 0.5) is 0 Å². The van der Waals surface area contributed by atoms with Gasteiger partial charge in [-0.15, -0.1) is 28.2 Å². The number of fused-ring (bicyclic) bond motifs is 1. The number of tetrazole rings is 1. The van der Waals surface area contributed by atoms with E-state index in [1.54, 1.807) is 7.05 Å². The third kappa shape index (κ3) is 4.86. The Hall–Kier alpha value is -1.38. The van der Waals surface area contributed by atoms with E-state index in [4.69, 9.17) is 0 Å². The van der Waals surface area contributed by atoms with Gasteiger partial charge in [0.1, 0.15) is 11.4 Å². The van der Waals surface area contributed by atoms with Gasteiger partial charge in [-0.2, -0.15) is 0 Å². The molecule has 31 heavy (non-hydrogen) atoms. The van der Waals surface area contributed by atoms with E-state index in [2.05, 4.69) is 20.8 Å². The number of amides is 2. The zero-order chi connectivity index (χ0) is 21.4. The number of hydrogen-bond acceptors (Lipinski definition) is 10. The molecule has 158 valence electrons. The maximum atomic E-state index is 12.7. The van der Waals surface area contributed by atoms with Gasteiger partial charge in [0.15, 0.2) is 0 Å². The van der Waals surface area contributed by atoms with Crippen molar-refractivity contribution in [3.05, 3.63) is 33.7 Å². The van der Waals surface area contributed by atoms with Gasteiger partial charge in [-0.05, 0) is 34.4 Å². The van der Waals surface area contributed by atoms with Gasteiger partial charge in [-0.1, -0.05) is 17.8 Å². The summed E-state index contributed by atoms with van der Waals surface area (Å²) in [6.07, 6.45) is 0.186. The fourth-order valence-electron chi connectivity index (χ4n) is 3.31. The standard InChI is InChI=1S/C17H18N6O4S3.Na/c1-8-10(7-29-17-19-20-21-22(17)2)13(16(26)27)23-14(25)12(15(23)30-8)18-11(24)6-9-4-3-5-28-9;/h3-5,8,12,15H,6-7H2,1-2H3,(H,18,24)(H,26,27);/q;+1/p-1/t8-,12?,15-;/m0./s1. The van der Waals surface area contributed by atoms with Crippen LogP contribution in [-0.2, 0) is 27.9 Å². The van der Waals surface area contributed by atoms with Gasteiger partial charge >= 0.3 is 29.6 Å². The van der Waals surface area contributed by atoms with E-state index in [1.807, 2.05) is 24.4 Å². The Morgan fingerprint density at radius 2 is 2.16 bits per heavy atom. The molecule has 2 aliphatic rings. The van der Waals surface area contributed by atoms with Crippen molar-refractivity contribution in [2.75, 3.05) is 5.75 Å². The summed E-state index contributed by atoms with van der Waals surface area (Å²) in [6.45, 7) is 1.88. The van der Waals surface area contributed by atoms with Crippen molar-refractivity contribution in [3.63, 3.8) is 0 Å². The summed E-state index contributed by atoms with van der Waals surface area (Å²) >= 11 is 4.19. The topological polar surface area (TPSA) is 133 Å². The molecule has 4 rings (SSSR count). The predicted octanol–water partition coefficient (Wildman–Crippen LogP) is -3.60. The molecule has 3 atom stereocenters. The number of carboxylic acids is 1. The van der Waals surface area contributed by atoms with Crippen LogP contribution in [-0.4, -0.2) is 65.3 Å². The summed E-state index contributed by atoms with van der Waals surface area (Å²) in [7, 11) is 1.69. The van der Waals surface area contributed by atoms with Gasteiger partial charge in [0.2, 0.25) is 11.1 Å². The van der Waals surface area contributed by atoms with Gasteiger partial charge in [-0.3, -0.25) is 14.5 Å². The summed E-state index contributed by atoms with van der Waals surface area (Å²) in [6, 6.07) is 2.95. The van der Waals surface area contributed by atoms with Gasteiger partial charge in [-0.25, -0.2) is 4.68 Å². The Labute approximate surface area is 212 Å². The molecule has 1 saturated heterocycles. The first-order valence-electron chi connectivity index (χ1n) is 8.96. The van der Waals surface area contributed by atoms with Crippen molar-refractivity contribution in [2.45, 2.75) is 35.2 Å². The zero-order valence-electron chi connectivity index (χ0n) is 17.0. The van der Waals surface area contributed by atoms with Crippen molar-refractivity contribution < 1.29 is 49.0 Å². The number of thiophene rings is 1. The van der Waals surface area contributed by atoms with E-state index >= 15 is 0 Å². The van der Waals surface area contributed by atoms with Crippen LogP contribution in [0.25, 0.3) is 0 Å². The van der Waals surface area contributed by atoms with Crippen molar-refractivity contribution >= 4 is 52.6 Å². The average molecular weight is 489 g/mol.